The van der Waals surface area contributed by atoms with Gasteiger partial charge in [0.25, 0.3) is 0 Å². The number of carbonyl (C=O) groups excluding carboxylic acids is 1. The highest BCUT2D eigenvalue weighted by molar-refractivity contribution is 7.09. The van der Waals surface area contributed by atoms with Gasteiger partial charge in [0.2, 0.25) is 5.91 Å². The molecule has 0 spiro atoms. The molecule has 0 fully saturated rings. The van der Waals surface area contributed by atoms with Gasteiger partial charge in [-0.1, -0.05) is 6.07 Å². The monoisotopic (exact) mass is 280 g/mol. The molecule has 0 aliphatic rings. The minimum Gasteiger partial charge on any atom is -0.383 e. The first-order chi connectivity index (χ1) is 9.27. The van der Waals surface area contributed by atoms with E-state index in [4.69, 9.17) is 10.00 Å². The highest BCUT2D eigenvalue weighted by Crippen LogP contribution is 2.12. The largest absolute Gasteiger partial charge is 0.383 e. The third kappa shape index (κ3) is 6.37. The molecule has 0 N–H and O–H groups in total. The second-order valence-corrected chi connectivity index (χ2v) is 5.25. The molecule has 0 unspecified atom stereocenters. The van der Waals surface area contributed by atoms with E-state index in [2.05, 4.69) is 17.5 Å². The van der Waals surface area contributed by atoms with Gasteiger partial charge in [-0.2, -0.15) is 5.26 Å². The van der Waals surface area contributed by atoms with Crippen molar-refractivity contribution >= 4 is 17.2 Å². The molecule has 0 saturated heterocycles. The Bertz CT molecular complexity index is 398. The number of hydrogen-bond donors (Lipinski definition) is 0. The fourth-order valence-corrected chi connectivity index (χ4v) is 2.53. The van der Waals surface area contributed by atoms with E-state index in [1.54, 1.807) is 23.3 Å². The van der Waals surface area contributed by atoms with E-state index in [0.717, 1.165) is 12.8 Å². The molecular weight excluding hydrogens is 260 g/mol. The lowest BCUT2D eigenvalue weighted by Crippen LogP contribution is -2.34. The summed E-state index contributed by atoms with van der Waals surface area (Å²) in [5, 5.41) is 10.7. The normalized spacial score (nSPS) is 10.1. The first-order valence-electron chi connectivity index (χ1n) is 6.44. The zero-order valence-electron chi connectivity index (χ0n) is 11.3. The second-order valence-electron chi connectivity index (χ2n) is 4.21. The summed E-state index contributed by atoms with van der Waals surface area (Å²) in [6.45, 7) is 1.58. The number of nitrogens with zero attached hydrogens (tertiary/aromatic N) is 2. The van der Waals surface area contributed by atoms with Gasteiger partial charge >= 0.3 is 0 Å². The van der Waals surface area contributed by atoms with Crippen molar-refractivity contribution in [2.24, 2.45) is 0 Å². The van der Waals surface area contributed by atoms with Gasteiger partial charge in [0, 0.05) is 31.5 Å². The lowest BCUT2D eigenvalue weighted by atomic mass is 10.2. The van der Waals surface area contributed by atoms with E-state index >= 15 is 0 Å². The average Bonchev–Trinajstić information content (AvgIpc) is 2.92. The van der Waals surface area contributed by atoms with Crippen LogP contribution in [0.3, 0.4) is 0 Å². The summed E-state index contributed by atoms with van der Waals surface area (Å²) in [6.07, 6.45) is 2.71. The van der Waals surface area contributed by atoms with Crippen LogP contribution in [-0.2, 0) is 16.0 Å². The van der Waals surface area contributed by atoms with Gasteiger partial charge in [0.05, 0.1) is 19.1 Å². The molecule has 104 valence electrons. The second kappa shape index (κ2) is 9.54. The molecule has 1 aromatic heterocycles. The van der Waals surface area contributed by atoms with E-state index in [0.29, 0.717) is 32.5 Å². The SMILES string of the molecule is COCCN(CCC#N)C(=O)CCCc1cccs1. The fourth-order valence-electron chi connectivity index (χ4n) is 1.77. The third-order valence-corrected chi connectivity index (χ3v) is 3.74. The van der Waals surface area contributed by atoms with Crippen LogP contribution in [0, 0.1) is 11.3 Å². The minimum absolute atomic E-state index is 0.115. The number of rotatable bonds is 9. The van der Waals surface area contributed by atoms with Gasteiger partial charge in [-0.15, -0.1) is 11.3 Å². The summed E-state index contributed by atoms with van der Waals surface area (Å²) in [4.78, 5) is 15.1. The topological polar surface area (TPSA) is 53.3 Å². The average molecular weight is 280 g/mol. The van der Waals surface area contributed by atoms with E-state index in [1.165, 1.54) is 4.88 Å². The Morgan fingerprint density at radius 3 is 3.00 bits per heavy atom. The van der Waals surface area contributed by atoms with Crippen LogP contribution in [0.5, 0.6) is 0 Å². The number of methoxy groups -OCH3 is 1. The summed E-state index contributed by atoms with van der Waals surface area (Å²) < 4.78 is 4.99. The van der Waals surface area contributed by atoms with Crippen molar-refractivity contribution in [2.45, 2.75) is 25.7 Å². The minimum atomic E-state index is 0.115. The molecule has 19 heavy (non-hydrogen) atoms. The number of carbonyl (C=O) groups is 1. The van der Waals surface area contributed by atoms with E-state index in [9.17, 15) is 4.79 Å². The molecular formula is C14H20N2O2S. The molecule has 0 atom stereocenters. The summed E-state index contributed by atoms with van der Waals surface area (Å²) in [6, 6.07) is 6.19. The van der Waals surface area contributed by atoms with Crippen LogP contribution in [0.1, 0.15) is 24.1 Å². The van der Waals surface area contributed by atoms with Crippen LogP contribution >= 0.6 is 11.3 Å². The van der Waals surface area contributed by atoms with Crippen LogP contribution < -0.4 is 0 Å². The van der Waals surface area contributed by atoms with Crippen LogP contribution in [0.25, 0.3) is 0 Å². The molecule has 0 saturated carbocycles. The molecule has 0 radical (unpaired) electrons. The number of thiophene rings is 1. The van der Waals surface area contributed by atoms with Crippen LogP contribution in [0.15, 0.2) is 17.5 Å². The quantitative estimate of drug-likeness (QED) is 0.698. The maximum Gasteiger partial charge on any atom is 0.222 e. The Hall–Kier alpha value is -1.38. The van der Waals surface area contributed by atoms with Gasteiger partial charge < -0.3 is 9.64 Å². The van der Waals surface area contributed by atoms with Crippen molar-refractivity contribution in [3.05, 3.63) is 22.4 Å². The Kier molecular flexibility index (Phi) is 7.87. The number of ether oxygens (including phenoxy) is 1. The van der Waals surface area contributed by atoms with Gasteiger partial charge in [-0.25, -0.2) is 0 Å². The third-order valence-electron chi connectivity index (χ3n) is 2.81. The Balaban J connectivity index is 2.31. The number of hydrogen-bond acceptors (Lipinski definition) is 4. The number of amides is 1. The van der Waals surface area contributed by atoms with Crippen LogP contribution in [0.2, 0.25) is 0 Å². The molecule has 0 aliphatic heterocycles. The lowest BCUT2D eigenvalue weighted by molar-refractivity contribution is -0.131. The van der Waals surface area contributed by atoms with Gasteiger partial charge in [-0.05, 0) is 24.3 Å². The van der Waals surface area contributed by atoms with Crippen molar-refractivity contribution in [1.29, 1.82) is 5.26 Å². The summed E-state index contributed by atoms with van der Waals surface area (Å²) in [7, 11) is 1.61. The maximum atomic E-state index is 12.0. The highest BCUT2D eigenvalue weighted by atomic mass is 32.1. The summed E-state index contributed by atoms with van der Waals surface area (Å²) in [5.74, 6) is 0.115. The van der Waals surface area contributed by atoms with Crippen molar-refractivity contribution in [1.82, 2.24) is 4.90 Å². The Morgan fingerprint density at radius 2 is 2.37 bits per heavy atom. The summed E-state index contributed by atoms with van der Waals surface area (Å²) in [5.41, 5.74) is 0. The van der Waals surface area contributed by atoms with Crippen LogP contribution in [-0.4, -0.2) is 37.6 Å². The standard InChI is InChI=1S/C14H20N2O2S/c1-18-11-10-16(9-4-8-15)14(17)7-2-5-13-6-3-12-19-13/h3,6,12H,2,4-5,7,9-11H2,1H3. The van der Waals surface area contributed by atoms with Crippen molar-refractivity contribution in [2.75, 3.05) is 26.8 Å². The van der Waals surface area contributed by atoms with Crippen LogP contribution in [0.4, 0.5) is 0 Å². The van der Waals surface area contributed by atoms with E-state index in [-0.39, 0.29) is 5.91 Å². The van der Waals surface area contributed by atoms with E-state index < -0.39 is 0 Å². The van der Waals surface area contributed by atoms with Gasteiger partial charge in [0.15, 0.2) is 0 Å². The Labute approximate surface area is 118 Å². The van der Waals surface area contributed by atoms with Crippen molar-refractivity contribution < 1.29 is 9.53 Å². The zero-order valence-corrected chi connectivity index (χ0v) is 12.1. The Morgan fingerprint density at radius 1 is 1.53 bits per heavy atom. The first kappa shape index (κ1) is 15.7. The highest BCUT2D eigenvalue weighted by Gasteiger charge is 2.12. The molecule has 4 nitrogen and oxygen atoms in total. The van der Waals surface area contributed by atoms with Crippen molar-refractivity contribution in [3.63, 3.8) is 0 Å². The molecule has 0 bridgehead atoms. The molecule has 1 amide bonds. The van der Waals surface area contributed by atoms with Gasteiger partial charge in [0.1, 0.15) is 0 Å². The fraction of sp³-hybridized carbons (Fsp3) is 0.571. The predicted octanol–water partition coefficient (Wildman–Crippen LogP) is 2.46. The maximum absolute atomic E-state index is 12.0. The van der Waals surface area contributed by atoms with E-state index in [1.807, 2.05) is 6.07 Å². The lowest BCUT2D eigenvalue weighted by Gasteiger charge is -2.21. The number of aryl methyl sites for hydroxylation is 1. The molecule has 1 rings (SSSR count). The summed E-state index contributed by atoms with van der Waals surface area (Å²) >= 11 is 1.72. The predicted molar refractivity (Wildman–Crippen MR) is 75.9 cm³/mol. The first-order valence-corrected chi connectivity index (χ1v) is 7.32. The molecule has 1 heterocycles. The smallest absolute Gasteiger partial charge is 0.222 e. The zero-order chi connectivity index (χ0) is 13.9. The number of nitriles is 1. The molecule has 0 aromatic carbocycles. The van der Waals surface area contributed by atoms with Crippen molar-refractivity contribution in [3.8, 4) is 6.07 Å². The van der Waals surface area contributed by atoms with Gasteiger partial charge in [-0.3, -0.25) is 4.79 Å². The molecule has 1 aromatic rings. The molecule has 5 heteroatoms. The molecule has 0 aliphatic carbocycles.